The second kappa shape index (κ2) is 7.44. The topological polar surface area (TPSA) is 68.9 Å². The molecule has 6 heteroatoms. The van der Waals surface area contributed by atoms with Gasteiger partial charge in [-0.05, 0) is 12.0 Å². The number of anilines is 1. The molecule has 3 aromatic rings. The minimum absolute atomic E-state index is 0.0707. The Morgan fingerprint density at radius 1 is 1.12 bits per heavy atom. The largest absolute Gasteiger partial charge is 0.619 e. The molecule has 3 rings (SSSR count). The van der Waals surface area contributed by atoms with Crippen LogP contribution in [0.4, 0.5) is 5.13 Å². The standard InChI is InChI=1S/C19H19N3O2S/c1-3-13-5-7-14(8-6-13)17-18(15-9-11-22(24)12-10-15)25-19(21-17)20-16(23)4-2/h5-12H,3-4H2,1-2H3,(H,20,21,23). The maximum absolute atomic E-state index is 11.7. The summed E-state index contributed by atoms with van der Waals surface area (Å²) < 4.78 is 0.750. The molecule has 0 bridgehead atoms. The Morgan fingerprint density at radius 2 is 1.80 bits per heavy atom. The molecule has 1 aromatic carbocycles. The Labute approximate surface area is 150 Å². The maximum Gasteiger partial charge on any atom is 0.225 e. The van der Waals surface area contributed by atoms with Gasteiger partial charge >= 0.3 is 0 Å². The quantitative estimate of drug-likeness (QED) is 0.556. The number of hydrogen-bond donors (Lipinski definition) is 1. The number of carbonyl (C=O) groups excluding carboxylic acids is 1. The molecule has 25 heavy (non-hydrogen) atoms. The number of aryl methyl sites for hydroxylation is 1. The molecule has 0 aliphatic carbocycles. The van der Waals surface area contributed by atoms with Gasteiger partial charge in [-0.3, -0.25) is 4.79 Å². The SMILES string of the molecule is CCC(=O)Nc1nc(-c2ccc(CC)cc2)c(-c2cc[n+]([O-])cc2)s1. The number of hydrogen-bond acceptors (Lipinski definition) is 4. The number of rotatable bonds is 5. The van der Waals surface area contributed by atoms with E-state index in [0.717, 1.165) is 32.8 Å². The summed E-state index contributed by atoms with van der Waals surface area (Å²) in [6, 6.07) is 11.8. The van der Waals surface area contributed by atoms with Gasteiger partial charge in [0.1, 0.15) is 0 Å². The number of nitrogens with one attached hydrogen (secondary N) is 1. The molecule has 0 aliphatic rings. The van der Waals surface area contributed by atoms with E-state index >= 15 is 0 Å². The third-order valence-electron chi connectivity index (χ3n) is 3.89. The molecule has 2 heterocycles. The summed E-state index contributed by atoms with van der Waals surface area (Å²) in [6.45, 7) is 3.92. The van der Waals surface area contributed by atoms with Crippen molar-refractivity contribution in [1.29, 1.82) is 0 Å². The van der Waals surface area contributed by atoms with Crippen molar-refractivity contribution in [2.75, 3.05) is 5.32 Å². The van der Waals surface area contributed by atoms with Crippen LogP contribution >= 0.6 is 11.3 Å². The van der Waals surface area contributed by atoms with Crippen molar-refractivity contribution in [3.63, 3.8) is 0 Å². The maximum atomic E-state index is 11.7. The highest BCUT2D eigenvalue weighted by Gasteiger charge is 2.16. The summed E-state index contributed by atoms with van der Waals surface area (Å²) >= 11 is 1.41. The first-order chi connectivity index (χ1) is 12.1. The van der Waals surface area contributed by atoms with Gasteiger partial charge in [0.05, 0.1) is 10.6 Å². The van der Waals surface area contributed by atoms with Crippen molar-refractivity contribution < 1.29 is 9.52 Å². The number of thiazole rings is 1. The molecule has 0 atom stereocenters. The van der Waals surface area contributed by atoms with Gasteiger partial charge in [-0.15, -0.1) is 0 Å². The van der Waals surface area contributed by atoms with Gasteiger partial charge < -0.3 is 10.5 Å². The molecule has 0 fully saturated rings. The predicted molar refractivity (Wildman–Crippen MR) is 100 cm³/mol. The summed E-state index contributed by atoms with van der Waals surface area (Å²) in [4.78, 5) is 17.3. The highest BCUT2D eigenvalue weighted by molar-refractivity contribution is 7.19. The highest BCUT2D eigenvalue weighted by atomic mass is 32.1. The lowest BCUT2D eigenvalue weighted by molar-refractivity contribution is -0.605. The molecule has 0 aliphatic heterocycles. The van der Waals surface area contributed by atoms with Crippen molar-refractivity contribution in [3.05, 3.63) is 59.6 Å². The Bertz CT molecular complexity index is 871. The first kappa shape index (κ1) is 17.1. The van der Waals surface area contributed by atoms with E-state index in [9.17, 15) is 10.0 Å². The Balaban J connectivity index is 2.06. The minimum Gasteiger partial charge on any atom is -0.619 e. The second-order valence-corrected chi connectivity index (χ2v) is 6.59. The average Bonchev–Trinajstić information content (AvgIpc) is 3.06. The number of benzene rings is 1. The van der Waals surface area contributed by atoms with Crippen LogP contribution in [0.5, 0.6) is 0 Å². The van der Waals surface area contributed by atoms with E-state index in [0.29, 0.717) is 11.6 Å². The molecular weight excluding hydrogens is 334 g/mol. The van der Waals surface area contributed by atoms with Gasteiger partial charge in [0.2, 0.25) is 5.91 Å². The van der Waals surface area contributed by atoms with E-state index in [1.54, 1.807) is 19.1 Å². The molecule has 128 valence electrons. The van der Waals surface area contributed by atoms with E-state index in [4.69, 9.17) is 0 Å². The Morgan fingerprint density at radius 3 is 2.40 bits per heavy atom. The predicted octanol–water partition coefficient (Wildman–Crippen LogP) is 4.02. The Kier molecular flexibility index (Phi) is 5.09. The van der Waals surface area contributed by atoms with Crippen LogP contribution in [0.15, 0.2) is 48.8 Å². The molecule has 5 nitrogen and oxygen atoms in total. The van der Waals surface area contributed by atoms with Crippen LogP contribution in [0.2, 0.25) is 0 Å². The van der Waals surface area contributed by atoms with Crippen LogP contribution in [0.3, 0.4) is 0 Å². The number of aromatic nitrogens is 2. The zero-order chi connectivity index (χ0) is 17.8. The lowest BCUT2D eigenvalue weighted by Crippen LogP contribution is -2.23. The van der Waals surface area contributed by atoms with Crippen LogP contribution in [0, 0.1) is 5.21 Å². The van der Waals surface area contributed by atoms with Gasteiger partial charge in [-0.2, -0.15) is 4.73 Å². The van der Waals surface area contributed by atoms with Gasteiger partial charge in [-0.1, -0.05) is 49.4 Å². The number of nitrogens with zero attached hydrogens (tertiary/aromatic N) is 2. The van der Waals surface area contributed by atoms with Crippen LogP contribution in [0.25, 0.3) is 21.7 Å². The van der Waals surface area contributed by atoms with Crippen LogP contribution in [0.1, 0.15) is 25.8 Å². The number of pyridine rings is 1. The van der Waals surface area contributed by atoms with E-state index in [1.165, 1.54) is 29.3 Å². The monoisotopic (exact) mass is 353 g/mol. The van der Waals surface area contributed by atoms with Crippen LogP contribution in [-0.2, 0) is 11.2 Å². The smallest absolute Gasteiger partial charge is 0.225 e. The molecule has 0 saturated carbocycles. The summed E-state index contributed by atoms with van der Waals surface area (Å²) in [5.74, 6) is -0.0707. The molecule has 0 unspecified atom stereocenters. The van der Waals surface area contributed by atoms with E-state index < -0.39 is 0 Å². The third-order valence-corrected chi connectivity index (χ3v) is 4.91. The first-order valence-electron chi connectivity index (χ1n) is 8.20. The second-order valence-electron chi connectivity index (χ2n) is 5.60. The Hall–Kier alpha value is -2.73. The molecule has 1 amide bonds. The van der Waals surface area contributed by atoms with Gasteiger partial charge in [0.15, 0.2) is 17.5 Å². The zero-order valence-electron chi connectivity index (χ0n) is 14.2. The van der Waals surface area contributed by atoms with Gasteiger partial charge in [0, 0.05) is 29.7 Å². The summed E-state index contributed by atoms with van der Waals surface area (Å²) in [5.41, 5.74) is 3.95. The fraction of sp³-hybridized carbons (Fsp3) is 0.211. The molecule has 1 N–H and O–H groups in total. The number of amides is 1. The molecule has 2 aromatic heterocycles. The lowest BCUT2D eigenvalue weighted by Gasteiger charge is -2.04. The van der Waals surface area contributed by atoms with Crippen molar-refractivity contribution in [2.24, 2.45) is 0 Å². The van der Waals surface area contributed by atoms with Gasteiger partial charge in [-0.25, -0.2) is 4.98 Å². The van der Waals surface area contributed by atoms with Crippen molar-refractivity contribution >= 4 is 22.4 Å². The summed E-state index contributed by atoms with van der Waals surface area (Å²) in [6.07, 6.45) is 4.30. The normalized spacial score (nSPS) is 10.6. The highest BCUT2D eigenvalue weighted by Crippen LogP contribution is 2.38. The molecule has 0 radical (unpaired) electrons. The molecular formula is C19H19N3O2S. The fourth-order valence-electron chi connectivity index (χ4n) is 2.44. The van der Waals surface area contributed by atoms with Crippen LogP contribution in [-0.4, -0.2) is 10.9 Å². The van der Waals surface area contributed by atoms with E-state index in [2.05, 4.69) is 29.4 Å². The first-order valence-corrected chi connectivity index (χ1v) is 9.01. The van der Waals surface area contributed by atoms with E-state index in [-0.39, 0.29) is 5.91 Å². The van der Waals surface area contributed by atoms with Crippen molar-refractivity contribution in [2.45, 2.75) is 26.7 Å². The van der Waals surface area contributed by atoms with Gasteiger partial charge in [0.25, 0.3) is 0 Å². The fourth-order valence-corrected chi connectivity index (χ4v) is 3.44. The molecule has 0 spiro atoms. The lowest BCUT2D eigenvalue weighted by atomic mass is 10.0. The zero-order valence-corrected chi connectivity index (χ0v) is 15.0. The summed E-state index contributed by atoms with van der Waals surface area (Å²) in [5, 5.41) is 14.7. The van der Waals surface area contributed by atoms with Crippen LogP contribution < -0.4 is 10.0 Å². The number of carbonyl (C=O) groups is 1. The minimum atomic E-state index is -0.0707. The molecule has 0 saturated heterocycles. The third kappa shape index (κ3) is 3.85. The summed E-state index contributed by atoms with van der Waals surface area (Å²) in [7, 11) is 0. The van der Waals surface area contributed by atoms with E-state index in [1.807, 2.05) is 12.1 Å². The van der Waals surface area contributed by atoms with Crippen molar-refractivity contribution in [1.82, 2.24) is 4.98 Å². The average molecular weight is 353 g/mol. The van der Waals surface area contributed by atoms with Crippen molar-refractivity contribution in [3.8, 4) is 21.7 Å².